The molecule has 6 fully saturated rings. The molecule has 16 nitrogen and oxygen atoms in total. The number of carbonyl (C=O) groups is 4. The zero-order valence-corrected chi connectivity index (χ0v) is 37.3. The SMILES string of the molecule is COC(=O)NC(C(=O)N1[C@@H]2C[C@@H]2C[C@H]1c1ncc(-c2ccc3cc(-c4ccc5c(ccc6[nH]c([C@@H]7C[C@H]8C[C@H]8N7C(=O)C(NC(=O)O)C7CCOCC7)nc65)c4)ccc3c2)[nH]1)C1CCOCC1. The Bertz CT molecular complexity index is 2940. The highest BCUT2D eigenvalue weighted by molar-refractivity contribution is 6.06. The van der Waals surface area contributed by atoms with Gasteiger partial charge in [0.15, 0.2) is 0 Å². The van der Waals surface area contributed by atoms with Crippen LogP contribution in [0.25, 0.3) is 55.0 Å². The standard InChI is InChI=1S/C51H54N8O8/c1-65-51(64)57-44(27-12-16-67-17-13-27)49(61)58-39-21-34(39)23-41(58)46-52-25-38(54-46)33-5-4-29-18-28(2-3-30(29)20-33)31-6-8-36-32(19-31)7-9-37-45(36)55-47(53-37)42-24-35-22-40(35)59(42)48(60)43(56-50(62)63)26-10-14-66-15-11-26/h2-9,18-20,25-27,34-35,39-44,56H,10-17,21-24H2,1H3,(H,52,54)(H,53,55)(H,57,64)(H,62,63)/t34-,35-,39-,40-,41+,42+,43?,44?/m1/s1. The van der Waals surface area contributed by atoms with E-state index in [1.165, 1.54) is 7.11 Å². The van der Waals surface area contributed by atoms with Gasteiger partial charge in [0.25, 0.3) is 0 Å². The fourth-order valence-corrected chi connectivity index (χ4v) is 11.9. The van der Waals surface area contributed by atoms with Gasteiger partial charge in [0.05, 0.1) is 42.1 Å². The monoisotopic (exact) mass is 906 g/mol. The molecule has 4 aromatic carbocycles. The number of aromatic amines is 2. The molecule has 4 aliphatic heterocycles. The molecule has 5 N–H and O–H groups in total. The van der Waals surface area contributed by atoms with E-state index in [-0.39, 0.29) is 47.8 Å². The summed E-state index contributed by atoms with van der Waals surface area (Å²) in [5.41, 5.74) is 5.80. The molecule has 346 valence electrons. The number of benzene rings is 4. The Labute approximate surface area is 386 Å². The maximum atomic E-state index is 14.3. The molecule has 6 aromatic rings. The first-order valence-electron chi connectivity index (χ1n) is 23.8. The van der Waals surface area contributed by atoms with E-state index in [1.54, 1.807) is 0 Å². The lowest BCUT2D eigenvalue weighted by molar-refractivity contribution is -0.138. The Morgan fingerprint density at radius 3 is 1.87 bits per heavy atom. The number of H-pyrrole nitrogens is 2. The number of piperidine rings is 2. The van der Waals surface area contributed by atoms with Crippen LogP contribution in [0.4, 0.5) is 9.59 Å². The van der Waals surface area contributed by atoms with E-state index in [0.29, 0.717) is 63.9 Å². The minimum absolute atomic E-state index is 0.0266. The first-order chi connectivity index (χ1) is 32.7. The van der Waals surface area contributed by atoms with Crippen LogP contribution in [-0.4, -0.2) is 117 Å². The second-order valence-corrected chi connectivity index (χ2v) is 19.5. The number of rotatable bonds is 10. The van der Waals surface area contributed by atoms with Gasteiger partial charge < -0.3 is 49.7 Å². The number of carboxylic acid groups (broad SMARTS) is 1. The predicted molar refractivity (Wildman–Crippen MR) is 248 cm³/mol. The summed E-state index contributed by atoms with van der Waals surface area (Å²) in [7, 11) is 1.32. The first-order valence-corrected chi connectivity index (χ1v) is 23.8. The number of imidazole rings is 2. The number of hydrogen-bond acceptors (Lipinski definition) is 9. The number of likely N-dealkylation sites (tertiary alicyclic amines) is 2. The number of nitrogens with zero attached hydrogens (tertiary/aromatic N) is 4. The number of amides is 4. The van der Waals surface area contributed by atoms with Gasteiger partial charge >= 0.3 is 12.2 Å². The lowest BCUT2D eigenvalue weighted by Gasteiger charge is -2.35. The second-order valence-electron chi connectivity index (χ2n) is 19.5. The summed E-state index contributed by atoms with van der Waals surface area (Å²) in [6.45, 7) is 2.17. The largest absolute Gasteiger partial charge is 0.465 e. The number of hydrogen-bond donors (Lipinski definition) is 5. The summed E-state index contributed by atoms with van der Waals surface area (Å²) in [6, 6.07) is 21.8. The number of ether oxygens (including phenoxy) is 3. The van der Waals surface area contributed by atoms with Crippen LogP contribution in [-0.2, 0) is 23.8 Å². The highest BCUT2D eigenvalue weighted by atomic mass is 16.5. The van der Waals surface area contributed by atoms with Crippen LogP contribution in [0.1, 0.15) is 75.1 Å². The molecule has 4 amide bonds. The third-order valence-electron chi connectivity index (χ3n) is 15.7. The number of carbonyl (C=O) groups excluding carboxylic acids is 3. The van der Waals surface area contributed by atoms with Crippen molar-refractivity contribution in [3.05, 3.63) is 84.6 Å². The van der Waals surface area contributed by atoms with E-state index >= 15 is 0 Å². The van der Waals surface area contributed by atoms with Crippen molar-refractivity contribution in [1.82, 2.24) is 40.4 Å². The third kappa shape index (κ3) is 7.63. The number of fused-ring (bicyclic) bond motifs is 6. The Morgan fingerprint density at radius 1 is 0.687 bits per heavy atom. The molecule has 2 saturated carbocycles. The zero-order chi connectivity index (χ0) is 45.5. The molecule has 4 saturated heterocycles. The maximum Gasteiger partial charge on any atom is 0.407 e. The molecule has 0 radical (unpaired) electrons. The average molecular weight is 907 g/mol. The molecule has 0 bridgehead atoms. The minimum Gasteiger partial charge on any atom is -0.465 e. The van der Waals surface area contributed by atoms with Gasteiger partial charge in [-0.25, -0.2) is 19.6 Å². The molecule has 0 spiro atoms. The van der Waals surface area contributed by atoms with Gasteiger partial charge in [-0.05, 0) is 127 Å². The highest BCUT2D eigenvalue weighted by Gasteiger charge is 2.58. The fourth-order valence-electron chi connectivity index (χ4n) is 11.9. The van der Waals surface area contributed by atoms with Gasteiger partial charge in [0.1, 0.15) is 23.7 Å². The number of aromatic nitrogens is 4. The van der Waals surface area contributed by atoms with Gasteiger partial charge in [0, 0.05) is 49.5 Å². The van der Waals surface area contributed by atoms with Crippen LogP contribution < -0.4 is 10.6 Å². The molecule has 6 aliphatic rings. The van der Waals surface area contributed by atoms with Gasteiger partial charge in [-0.15, -0.1) is 0 Å². The van der Waals surface area contributed by atoms with E-state index < -0.39 is 24.3 Å². The first kappa shape index (κ1) is 41.9. The van der Waals surface area contributed by atoms with E-state index in [1.807, 2.05) is 16.0 Å². The molecule has 67 heavy (non-hydrogen) atoms. The summed E-state index contributed by atoms with van der Waals surface area (Å²) in [5.74, 6) is 1.95. The summed E-state index contributed by atoms with van der Waals surface area (Å²) < 4.78 is 16.0. The van der Waals surface area contributed by atoms with Crippen molar-refractivity contribution in [2.75, 3.05) is 33.5 Å². The van der Waals surface area contributed by atoms with Gasteiger partial charge in [-0.2, -0.15) is 0 Å². The number of nitrogens with one attached hydrogen (secondary N) is 4. The van der Waals surface area contributed by atoms with E-state index in [9.17, 15) is 24.3 Å². The minimum atomic E-state index is -1.19. The van der Waals surface area contributed by atoms with Gasteiger partial charge in [-0.3, -0.25) is 9.59 Å². The van der Waals surface area contributed by atoms with Crippen LogP contribution in [0, 0.1) is 23.7 Å². The Morgan fingerprint density at radius 2 is 1.24 bits per heavy atom. The van der Waals surface area contributed by atoms with Crippen LogP contribution in [0.2, 0.25) is 0 Å². The van der Waals surface area contributed by atoms with E-state index in [2.05, 4.69) is 87.3 Å². The molecular weight excluding hydrogens is 853 g/mol. The zero-order valence-electron chi connectivity index (χ0n) is 37.3. The lowest BCUT2D eigenvalue weighted by atomic mass is 9.90. The fraction of sp³-hybridized carbons (Fsp3) is 0.451. The van der Waals surface area contributed by atoms with Crippen molar-refractivity contribution in [1.29, 1.82) is 0 Å². The molecule has 2 aromatic heterocycles. The van der Waals surface area contributed by atoms with Crippen molar-refractivity contribution < 1.29 is 38.5 Å². The lowest BCUT2D eigenvalue weighted by Crippen LogP contribution is -2.54. The molecule has 8 atom stereocenters. The highest BCUT2D eigenvalue weighted by Crippen LogP contribution is 2.55. The van der Waals surface area contributed by atoms with E-state index in [4.69, 9.17) is 24.2 Å². The molecule has 2 unspecified atom stereocenters. The summed E-state index contributed by atoms with van der Waals surface area (Å²) >= 11 is 0. The van der Waals surface area contributed by atoms with Crippen LogP contribution in [0.3, 0.4) is 0 Å². The molecule has 2 aliphatic carbocycles. The second kappa shape index (κ2) is 16.7. The Hall–Kier alpha value is -6.52. The number of alkyl carbamates (subject to hydrolysis) is 1. The van der Waals surface area contributed by atoms with Crippen LogP contribution in [0.5, 0.6) is 0 Å². The van der Waals surface area contributed by atoms with Crippen molar-refractivity contribution in [2.24, 2.45) is 23.7 Å². The van der Waals surface area contributed by atoms with Gasteiger partial charge in [-0.1, -0.05) is 42.5 Å². The molecule has 16 heteroatoms. The smallest absolute Gasteiger partial charge is 0.407 e. The quantitative estimate of drug-likeness (QED) is 0.0918. The van der Waals surface area contributed by atoms with Crippen molar-refractivity contribution in [2.45, 2.75) is 87.6 Å². The predicted octanol–water partition coefficient (Wildman–Crippen LogP) is 7.46. The van der Waals surface area contributed by atoms with Crippen molar-refractivity contribution in [3.63, 3.8) is 0 Å². The Balaban J connectivity index is 0.768. The molecular formula is C51H54N8O8. The maximum absolute atomic E-state index is 14.3. The topological polar surface area (TPSA) is 204 Å². The van der Waals surface area contributed by atoms with Crippen LogP contribution in [0.15, 0.2) is 72.9 Å². The van der Waals surface area contributed by atoms with E-state index in [0.717, 1.165) is 92.3 Å². The van der Waals surface area contributed by atoms with Crippen LogP contribution >= 0.6 is 0 Å². The average Bonchev–Trinajstić information content (AvgIpc) is 3.97. The van der Waals surface area contributed by atoms with Crippen molar-refractivity contribution >= 4 is 56.6 Å². The summed E-state index contributed by atoms with van der Waals surface area (Å²) in [5, 5.41) is 19.4. The Kier molecular flexibility index (Phi) is 10.4. The summed E-state index contributed by atoms with van der Waals surface area (Å²) in [6.07, 6.45) is 6.28. The number of methoxy groups -OCH3 is 1. The van der Waals surface area contributed by atoms with Gasteiger partial charge in [0.2, 0.25) is 11.8 Å². The third-order valence-corrected chi connectivity index (χ3v) is 15.7. The summed E-state index contributed by atoms with van der Waals surface area (Å²) in [4.78, 5) is 73.8. The van der Waals surface area contributed by atoms with Crippen molar-refractivity contribution in [3.8, 4) is 22.4 Å². The normalized spacial score (nSPS) is 25.7. The molecule has 12 rings (SSSR count). The molecule has 6 heterocycles.